The fourth-order valence-electron chi connectivity index (χ4n) is 1.93. The maximum atomic E-state index is 12.9. The van der Waals surface area contributed by atoms with Crippen LogP contribution in [0, 0.1) is 0 Å². The normalized spacial score (nSPS) is 12.5. The van der Waals surface area contributed by atoms with Crippen LogP contribution in [0.2, 0.25) is 0 Å². The molecule has 4 nitrogen and oxygen atoms in total. The van der Waals surface area contributed by atoms with E-state index in [2.05, 4.69) is 5.10 Å². The molecule has 2 N–H and O–H groups in total. The Balaban J connectivity index is 2.44. The lowest BCUT2D eigenvalue weighted by molar-refractivity contribution is -0.144. The second kappa shape index (κ2) is 5.67. The third kappa shape index (κ3) is 3.69. The molecule has 1 heterocycles. The summed E-state index contributed by atoms with van der Waals surface area (Å²) in [7, 11) is 1.31. The third-order valence-corrected chi connectivity index (χ3v) is 2.99. The topological polar surface area (TPSA) is 53.1 Å². The van der Waals surface area contributed by atoms with Crippen LogP contribution in [0.1, 0.15) is 17.0 Å². The molecule has 0 aliphatic carbocycles. The molecule has 126 valence electrons. The van der Waals surface area contributed by atoms with E-state index >= 15 is 0 Å². The van der Waals surface area contributed by atoms with E-state index in [1.165, 1.54) is 25.3 Å². The van der Waals surface area contributed by atoms with Gasteiger partial charge in [-0.05, 0) is 17.7 Å². The predicted molar refractivity (Wildman–Crippen MR) is 68.7 cm³/mol. The lowest BCUT2D eigenvalue weighted by Gasteiger charge is -2.11. The van der Waals surface area contributed by atoms with Crippen LogP contribution in [0.5, 0.6) is 5.75 Å². The fourth-order valence-corrected chi connectivity index (χ4v) is 1.93. The molecule has 0 unspecified atom stereocenters. The van der Waals surface area contributed by atoms with Crippen LogP contribution in [-0.4, -0.2) is 16.9 Å². The Hall–Kier alpha value is -2.39. The number of aromatic nitrogens is 2. The van der Waals surface area contributed by atoms with Crippen LogP contribution < -0.4 is 10.5 Å². The van der Waals surface area contributed by atoms with Crippen molar-refractivity contribution in [3.8, 4) is 5.75 Å². The van der Waals surface area contributed by atoms with E-state index in [4.69, 9.17) is 10.5 Å². The molecule has 1 aromatic carbocycles. The second-order valence-electron chi connectivity index (χ2n) is 4.64. The zero-order valence-electron chi connectivity index (χ0n) is 11.7. The van der Waals surface area contributed by atoms with E-state index in [1.54, 1.807) is 0 Å². The van der Waals surface area contributed by atoms with Crippen molar-refractivity contribution in [2.45, 2.75) is 18.9 Å². The number of alkyl halides is 6. The summed E-state index contributed by atoms with van der Waals surface area (Å²) in [4.78, 5) is 0. The zero-order chi connectivity index (χ0) is 17.4. The first-order valence-corrected chi connectivity index (χ1v) is 6.17. The number of benzene rings is 1. The maximum absolute atomic E-state index is 12.9. The van der Waals surface area contributed by atoms with Crippen molar-refractivity contribution in [1.29, 1.82) is 0 Å². The van der Waals surface area contributed by atoms with Crippen molar-refractivity contribution in [1.82, 2.24) is 9.78 Å². The standard InChI is InChI=1S/C13H11F6N3O/c1-23-9-4-7(2-3-8(9)20)6-22-11(13(17,18)19)5-10(21-22)12(14,15)16/h2-5H,6,20H2,1H3. The van der Waals surface area contributed by atoms with Crippen molar-refractivity contribution in [2.75, 3.05) is 12.8 Å². The number of anilines is 1. The van der Waals surface area contributed by atoms with Crippen LogP contribution >= 0.6 is 0 Å². The molecule has 0 spiro atoms. The van der Waals surface area contributed by atoms with Crippen LogP contribution in [0.3, 0.4) is 0 Å². The highest BCUT2D eigenvalue weighted by Crippen LogP contribution is 2.35. The van der Waals surface area contributed by atoms with Gasteiger partial charge in [0.2, 0.25) is 0 Å². The molecule has 23 heavy (non-hydrogen) atoms. The average molecular weight is 339 g/mol. The van der Waals surface area contributed by atoms with Gasteiger partial charge in [0.1, 0.15) is 11.4 Å². The van der Waals surface area contributed by atoms with Crippen LogP contribution in [0.15, 0.2) is 24.3 Å². The van der Waals surface area contributed by atoms with Gasteiger partial charge in [0, 0.05) is 6.07 Å². The van der Waals surface area contributed by atoms with Crippen LogP contribution in [-0.2, 0) is 18.9 Å². The van der Waals surface area contributed by atoms with Gasteiger partial charge in [0.15, 0.2) is 5.69 Å². The van der Waals surface area contributed by atoms with Gasteiger partial charge in [0.25, 0.3) is 0 Å². The zero-order valence-corrected chi connectivity index (χ0v) is 11.7. The molecule has 0 atom stereocenters. The first-order valence-electron chi connectivity index (χ1n) is 6.17. The Kier molecular flexibility index (Phi) is 4.18. The summed E-state index contributed by atoms with van der Waals surface area (Å²) in [6.07, 6.45) is -9.93. The fraction of sp³-hybridized carbons (Fsp3) is 0.308. The molecule has 0 saturated heterocycles. The van der Waals surface area contributed by atoms with Crippen molar-refractivity contribution in [3.63, 3.8) is 0 Å². The molecule has 0 bridgehead atoms. The van der Waals surface area contributed by atoms with Gasteiger partial charge in [-0.3, -0.25) is 4.68 Å². The molecular formula is C13H11F6N3O. The smallest absolute Gasteiger partial charge is 0.435 e. The van der Waals surface area contributed by atoms with Crippen molar-refractivity contribution < 1.29 is 31.1 Å². The summed E-state index contributed by atoms with van der Waals surface area (Å²) in [5.41, 5.74) is 3.00. The summed E-state index contributed by atoms with van der Waals surface area (Å²) in [5.74, 6) is 0.208. The Morgan fingerprint density at radius 2 is 1.74 bits per heavy atom. The molecule has 0 amide bonds. The Bertz CT molecular complexity index is 705. The van der Waals surface area contributed by atoms with E-state index in [-0.39, 0.29) is 27.7 Å². The molecule has 1 aromatic heterocycles. The summed E-state index contributed by atoms with van der Waals surface area (Å²) < 4.78 is 81.6. The van der Waals surface area contributed by atoms with E-state index < -0.39 is 30.3 Å². The third-order valence-electron chi connectivity index (χ3n) is 2.99. The van der Waals surface area contributed by atoms with Crippen molar-refractivity contribution >= 4 is 5.69 Å². The highest BCUT2D eigenvalue weighted by atomic mass is 19.4. The minimum Gasteiger partial charge on any atom is -0.495 e. The molecule has 0 aliphatic heterocycles. The monoisotopic (exact) mass is 339 g/mol. The molecule has 0 fully saturated rings. The molecule has 0 radical (unpaired) electrons. The van der Waals surface area contributed by atoms with Crippen LogP contribution in [0.25, 0.3) is 0 Å². The number of nitrogens with zero attached hydrogens (tertiary/aromatic N) is 2. The van der Waals surface area contributed by atoms with Crippen LogP contribution in [0.4, 0.5) is 32.0 Å². The number of nitrogens with two attached hydrogens (primary N) is 1. The maximum Gasteiger partial charge on any atom is 0.435 e. The van der Waals surface area contributed by atoms with Gasteiger partial charge in [-0.15, -0.1) is 0 Å². The molecule has 0 saturated carbocycles. The predicted octanol–water partition coefficient (Wildman–Crippen LogP) is 3.56. The van der Waals surface area contributed by atoms with Gasteiger partial charge < -0.3 is 10.5 Å². The Labute approximate surface area is 126 Å². The number of ether oxygens (including phenoxy) is 1. The van der Waals surface area contributed by atoms with E-state index in [1.807, 2.05) is 0 Å². The van der Waals surface area contributed by atoms with E-state index in [9.17, 15) is 26.3 Å². The largest absolute Gasteiger partial charge is 0.495 e. The minimum atomic E-state index is -4.97. The SMILES string of the molecule is COc1cc(Cn2nc(C(F)(F)F)cc2C(F)(F)F)ccc1N. The quantitative estimate of drug-likeness (QED) is 0.687. The lowest BCUT2D eigenvalue weighted by Crippen LogP contribution is -2.15. The van der Waals surface area contributed by atoms with Gasteiger partial charge in [-0.2, -0.15) is 31.4 Å². The van der Waals surface area contributed by atoms with Crippen molar-refractivity contribution in [2.24, 2.45) is 0 Å². The second-order valence-corrected chi connectivity index (χ2v) is 4.64. The number of halogens is 6. The van der Waals surface area contributed by atoms with E-state index in [0.29, 0.717) is 0 Å². The summed E-state index contributed by atoms with van der Waals surface area (Å²) in [6.45, 7) is -0.512. The molecule has 10 heteroatoms. The number of hydrogen-bond donors (Lipinski definition) is 1. The first-order chi connectivity index (χ1) is 10.5. The molecular weight excluding hydrogens is 328 g/mol. The molecule has 2 aromatic rings. The number of rotatable bonds is 3. The average Bonchev–Trinajstić information content (AvgIpc) is 2.85. The summed E-state index contributed by atoms with van der Waals surface area (Å²) >= 11 is 0. The summed E-state index contributed by atoms with van der Waals surface area (Å²) in [6, 6.07) is 4.08. The molecule has 2 rings (SSSR count). The van der Waals surface area contributed by atoms with Crippen molar-refractivity contribution in [3.05, 3.63) is 41.2 Å². The van der Waals surface area contributed by atoms with Gasteiger partial charge in [0.05, 0.1) is 19.3 Å². The van der Waals surface area contributed by atoms with Gasteiger partial charge >= 0.3 is 12.4 Å². The summed E-state index contributed by atoms with van der Waals surface area (Å²) in [5, 5.41) is 3.02. The van der Waals surface area contributed by atoms with E-state index in [0.717, 1.165) is 0 Å². The number of hydrogen-bond acceptors (Lipinski definition) is 3. The lowest BCUT2D eigenvalue weighted by atomic mass is 10.2. The highest BCUT2D eigenvalue weighted by molar-refractivity contribution is 5.53. The Morgan fingerprint density at radius 3 is 2.26 bits per heavy atom. The Morgan fingerprint density at radius 1 is 1.09 bits per heavy atom. The first kappa shape index (κ1) is 17.0. The van der Waals surface area contributed by atoms with Gasteiger partial charge in [-0.25, -0.2) is 0 Å². The molecule has 0 aliphatic rings. The highest BCUT2D eigenvalue weighted by Gasteiger charge is 2.41. The minimum absolute atomic E-state index is 0.0193. The van der Waals surface area contributed by atoms with Gasteiger partial charge in [-0.1, -0.05) is 6.07 Å². The number of nitrogen functional groups attached to an aromatic ring is 1. The number of methoxy groups -OCH3 is 1.